The molecule has 1 aromatic rings. The first kappa shape index (κ1) is 13.8. The second kappa shape index (κ2) is 5.57. The number of hydrogen-bond acceptors (Lipinski definition) is 3. The van der Waals surface area contributed by atoms with E-state index in [2.05, 4.69) is 10.5 Å². The number of benzene rings is 1. The van der Waals surface area contributed by atoms with Crippen LogP contribution in [0.3, 0.4) is 0 Å². The summed E-state index contributed by atoms with van der Waals surface area (Å²) in [5.74, 6) is -0.735. The molecule has 1 amide bonds. The molecule has 0 fully saturated rings. The maximum absolute atomic E-state index is 13.7. The molecule has 0 spiro atoms. The van der Waals surface area contributed by atoms with Crippen molar-refractivity contribution < 1.29 is 14.0 Å². The SMILES string of the molecule is CC(C)NC(=O)C1CC(c2c(F)cccc2Cl)=NO1. The van der Waals surface area contributed by atoms with Gasteiger partial charge in [0.2, 0.25) is 6.10 Å². The average molecular weight is 285 g/mol. The minimum Gasteiger partial charge on any atom is -0.382 e. The summed E-state index contributed by atoms with van der Waals surface area (Å²) in [6.07, 6.45) is -0.521. The third kappa shape index (κ3) is 3.04. The summed E-state index contributed by atoms with van der Waals surface area (Å²) in [6.45, 7) is 3.70. The van der Waals surface area contributed by atoms with Crippen LogP contribution in [-0.4, -0.2) is 23.8 Å². The number of carbonyl (C=O) groups excluding carboxylic acids is 1. The minimum atomic E-state index is -0.729. The average Bonchev–Trinajstić information content (AvgIpc) is 2.77. The fraction of sp³-hybridized carbons (Fsp3) is 0.385. The van der Waals surface area contributed by atoms with Gasteiger partial charge in [-0.15, -0.1) is 0 Å². The second-order valence-corrected chi connectivity index (χ2v) is 5.00. The summed E-state index contributed by atoms with van der Waals surface area (Å²) in [4.78, 5) is 16.8. The van der Waals surface area contributed by atoms with Gasteiger partial charge in [-0.1, -0.05) is 22.8 Å². The molecule has 1 atom stereocenters. The standard InChI is InChI=1S/C13H14ClFN2O2/c1-7(2)16-13(18)11-6-10(17-19-11)12-8(14)4-3-5-9(12)15/h3-5,7,11H,6H2,1-2H3,(H,16,18). The highest BCUT2D eigenvalue weighted by Crippen LogP contribution is 2.25. The quantitative estimate of drug-likeness (QED) is 0.927. The van der Waals surface area contributed by atoms with Crippen LogP contribution in [0, 0.1) is 5.82 Å². The molecule has 0 bridgehead atoms. The van der Waals surface area contributed by atoms with Crippen molar-refractivity contribution in [1.82, 2.24) is 5.32 Å². The van der Waals surface area contributed by atoms with Gasteiger partial charge in [0.15, 0.2) is 0 Å². The van der Waals surface area contributed by atoms with Crippen LogP contribution in [0.2, 0.25) is 5.02 Å². The van der Waals surface area contributed by atoms with E-state index in [1.165, 1.54) is 12.1 Å². The summed E-state index contributed by atoms with van der Waals surface area (Å²) in [5.41, 5.74) is 0.552. The predicted molar refractivity (Wildman–Crippen MR) is 70.7 cm³/mol. The van der Waals surface area contributed by atoms with Gasteiger partial charge in [-0.3, -0.25) is 4.79 Å². The van der Waals surface area contributed by atoms with Gasteiger partial charge >= 0.3 is 0 Å². The summed E-state index contributed by atoms with van der Waals surface area (Å²) < 4.78 is 13.7. The van der Waals surface area contributed by atoms with Gasteiger partial charge in [0.05, 0.1) is 16.3 Å². The zero-order chi connectivity index (χ0) is 14.0. The molecule has 102 valence electrons. The van der Waals surface area contributed by atoms with Crippen LogP contribution >= 0.6 is 11.6 Å². The van der Waals surface area contributed by atoms with Gasteiger partial charge in [0.25, 0.3) is 5.91 Å². The molecule has 0 saturated carbocycles. The Labute approximate surface area is 115 Å². The highest BCUT2D eigenvalue weighted by Gasteiger charge is 2.31. The lowest BCUT2D eigenvalue weighted by atomic mass is 10.0. The van der Waals surface area contributed by atoms with Crippen LogP contribution < -0.4 is 5.32 Å². The third-order valence-corrected chi connectivity index (χ3v) is 2.96. The molecule has 1 aliphatic heterocycles. The Morgan fingerprint density at radius 1 is 1.58 bits per heavy atom. The molecule has 2 rings (SSSR count). The molecular weight excluding hydrogens is 271 g/mol. The number of halogens is 2. The van der Waals surface area contributed by atoms with E-state index in [0.717, 1.165) is 0 Å². The lowest BCUT2D eigenvalue weighted by Crippen LogP contribution is -2.38. The number of carbonyl (C=O) groups is 1. The van der Waals surface area contributed by atoms with E-state index in [1.807, 2.05) is 13.8 Å². The maximum Gasteiger partial charge on any atom is 0.264 e. The summed E-state index contributed by atoms with van der Waals surface area (Å²) >= 11 is 5.94. The van der Waals surface area contributed by atoms with E-state index in [4.69, 9.17) is 16.4 Å². The van der Waals surface area contributed by atoms with Gasteiger partial charge in [0, 0.05) is 12.5 Å². The first-order valence-corrected chi connectivity index (χ1v) is 6.34. The monoisotopic (exact) mass is 284 g/mol. The Morgan fingerprint density at radius 3 is 2.95 bits per heavy atom. The zero-order valence-corrected chi connectivity index (χ0v) is 11.4. The molecule has 19 heavy (non-hydrogen) atoms. The molecule has 1 N–H and O–H groups in total. The molecule has 1 aromatic carbocycles. The molecule has 0 aromatic heterocycles. The highest BCUT2D eigenvalue weighted by atomic mass is 35.5. The number of oxime groups is 1. The topological polar surface area (TPSA) is 50.7 Å². The highest BCUT2D eigenvalue weighted by molar-refractivity contribution is 6.34. The molecule has 4 nitrogen and oxygen atoms in total. The molecule has 0 radical (unpaired) electrons. The second-order valence-electron chi connectivity index (χ2n) is 4.60. The van der Waals surface area contributed by atoms with Crippen molar-refractivity contribution in [1.29, 1.82) is 0 Å². The normalized spacial score (nSPS) is 18.2. The first-order chi connectivity index (χ1) is 8.99. The summed E-state index contributed by atoms with van der Waals surface area (Å²) in [6, 6.07) is 4.40. The lowest BCUT2D eigenvalue weighted by molar-refractivity contribution is -0.131. The summed E-state index contributed by atoms with van der Waals surface area (Å²) in [7, 11) is 0. The van der Waals surface area contributed by atoms with Crippen LogP contribution in [0.4, 0.5) is 4.39 Å². The largest absolute Gasteiger partial charge is 0.382 e. The van der Waals surface area contributed by atoms with Crippen molar-refractivity contribution in [2.24, 2.45) is 5.16 Å². The van der Waals surface area contributed by atoms with E-state index < -0.39 is 11.9 Å². The Hall–Kier alpha value is -1.62. The van der Waals surface area contributed by atoms with Crippen molar-refractivity contribution in [3.05, 3.63) is 34.6 Å². The molecular formula is C13H14ClFN2O2. The predicted octanol–water partition coefficient (Wildman–Crippen LogP) is 2.50. The lowest BCUT2D eigenvalue weighted by Gasteiger charge is -2.11. The number of nitrogens with zero attached hydrogens (tertiary/aromatic N) is 1. The van der Waals surface area contributed by atoms with Gasteiger partial charge in [-0.25, -0.2) is 4.39 Å². The maximum atomic E-state index is 13.7. The Bertz CT molecular complexity index is 511. The van der Waals surface area contributed by atoms with Crippen molar-refractivity contribution in [3.63, 3.8) is 0 Å². The first-order valence-electron chi connectivity index (χ1n) is 5.96. The van der Waals surface area contributed by atoms with E-state index in [1.54, 1.807) is 6.07 Å². The fourth-order valence-corrected chi connectivity index (χ4v) is 2.09. The van der Waals surface area contributed by atoms with Crippen molar-refractivity contribution in [2.75, 3.05) is 0 Å². The minimum absolute atomic E-state index is 0.0113. The number of rotatable bonds is 3. The zero-order valence-electron chi connectivity index (χ0n) is 10.6. The number of nitrogens with one attached hydrogen (secondary N) is 1. The van der Waals surface area contributed by atoms with Crippen molar-refractivity contribution in [3.8, 4) is 0 Å². The van der Waals surface area contributed by atoms with Crippen LogP contribution in [0.25, 0.3) is 0 Å². The third-order valence-electron chi connectivity index (χ3n) is 2.64. The molecule has 1 heterocycles. The van der Waals surface area contributed by atoms with Gasteiger partial charge < -0.3 is 10.2 Å². The number of amides is 1. The van der Waals surface area contributed by atoms with Crippen LogP contribution in [-0.2, 0) is 9.63 Å². The van der Waals surface area contributed by atoms with Crippen LogP contribution in [0.15, 0.2) is 23.4 Å². The fourth-order valence-electron chi connectivity index (χ4n) is 1.82. The van der Waals surface area contributed by atoms with Gasteiger partial charge in [0.1, 0.15) is 5.82 Å². The molecule has 0 aliphatic carbocycles. The smallest absolute Gasteiger partial charge is 0.264 e. The Kier molecular flexibility index (Phi) is 4.04. The molecule has 0 saturated heterocycles. The molecule has 6 heteroatoms. The van der Waals surface area contributed by atoms with Gasteiger partial charge in [-0.2, -0.15) is 0 Å². The Balaban J connectivity index is 2.12. The van der Waals surface area contributed by atoms with Crippen LogP contribution in [0.5, 0.6) is 0 Å². The van der Waals surface area contributed by atoms with Gasteiger partial charge in [-0.05, 0) is 26.0 Å². The van der Waals surface area contributed by atoms with E-state index >= 15 is 0 Å². The number of hydrogen-bond donors (Lipinski definition) is 1. The Morgan fingerprint density at radius 2 is 2.32 bits per heavy atom. The molecule has 1 aliphatic rings. The van der Waals surface area contributed by atoms with Crippen LogP contribution in [0.1, 0.15) is 25.8 Å². The summed E-state index contributed by atoms with van der Waals surface area (Å²) in [5, 5.41) is 6.75. The van der Waals surface area contributed by atoms with E-state index in [-0.39, 0.29) is 29.0 Å². The van der Waals surface area contributed by atoms with Crippen molar-refractivity contribution in [2.45, 2.75) is 32.4 Å². The van der Waals surface area contributed by atoms with Crippen molar-refractivity contribution >= 4 is 23.2 Å². The molecule has 1 unspecified atom stereocenters. The van der Waals surface area contributed by atoms with E-state index in [0.29, 0.717) is 5.71 Å². The van der Waals surface area contributed by atoms with E-state index in [9.17, 15) is 9.18 Å².